The van der Waals surface area contributed by atoms with Crippen LogP contribution in [-0.2, 0) is 43.6 Å². The Labute approximate surface area is 309 Å². The highest BCUT2D eigenvalue weighted by Crippen LogP contribution is 2.39. The van der Waals surface area contributed by atoms with Crippen LogP contribution in [0.1, 0.15) is 65.9 Å². The van der Waals surface area contributed by atoms with Crippen LogP contribution in [0.2, 0.25) is 0 Å². The molecule has 3 saturated heterocycles. The van der Waals surface area contributed by atoms with Gasteiger partial charge in [0.05, 0.1) is 38.4 Å². The number of amides is 3. The molecule has 3 heterocycles. The zero-order valence-corrected chi connectivity index (χ0v) is 29.5. The second-order valence-corrected chi connectivity index (χ2v) is 13.9. The third-order valence-electron chi connectivity index (χ3n) is 10.3. The van der Waals surface area contributed by atoms with E-state index in [1.54, 1.807) is 0 Å². The quantitative estimate of drug-likeness (QED) is 0.164. The maximum Gasteiger partial charge on any atom is 0.408 e. The van der Waals surface area contributed by atoms with Gasteiger partial charge in [-0.15, -0.1) is 0 Å². The molecule has 0 aromatic heterocycles. The number of hydrogen-bond donors (Lipinski definition) is 3. The summed E-state index contributed by atoms with van der Waals surface area (Å²) < 4.78 is 18.5. The summed E-state index contributed by atoms with van der Waals surface area (Å²) in [4.78, 5) is 42.0. The second kappa shape index (κ2) is 16.8. The van der Waals surface area contributed by atoms with Gasteiger partial charge in [0.15, 0.2) is 6.29 Å². The van der Waals surface area contributed by atoms with Crippen molar-refractivity contribution in [2.45, 2.75) is 76.0 Å². The fourth-order valence-electron chi connectivity index (χ4n) is 7.40. The van der Waals surface area contributed by atoms with Crippen LogP contribution in [0.5, 0.6) is 0 Å². The van der Waals surface area contributed by atoms with Crippen LogP contribution in [0.25, 0.3) is 11.1 Å². The average molecular weight is 720 g/mol. The lowest BCUT2D eigenvalue weighted by Crippen LogP contribution is -2.42. The lowest BCUT2D eigenvalue weighted by molar-refractivity contribution is -0.253. The molecule has 3 amide bonds. The van der Waals surface area contributed by atoms with Crippen molar-refractivity contribution >= 4 is 17.9 Å². The van der Waals surface area contributed by atoms with E-state index in [-0.39, 0.29) is 56.9 Å². The van der Waals surface area contributed by atoms with E-state index in [4.69, 9.17) is 14.2 Å². The molecule has 5 atom stereocenters. The second-order valence-electron chi connectivity index (χ2n) is 13.9. The Morgan fingerprint density at radius 3 is 2.36 bits per heavy atom. The summed E-state index contributed by atoms with van der Waals surface area (Å²) >= 11 is 0. The molecule has 276 valence electrons. The molecule has 4 aromatic rings. The van der Waals surface area contributed by atoms with Crippen LogP contribution in [0, 0.1) is 0 Å². The summed E-state index contributed by atoms with van der Waals surface area (Å²) in [6.07, 6.45) is 0.793. The smallest absolute Gasteiger partial charge is 0.408 e. The molecule has 3 N–H and O–H groups in total. The van der Waals surface area contributed by atoms with Gasteiger partial charge in [-0.25, -0.2) is 4.79 Å². The number of likely N-dealkylation sites (tertiary alicyclic amines) is 2. The average Bonchev–Trinajstić information content (AvgIpc) is 3.76. The molecule has 11 nitrogen and oxygen atoms in total. The van der Waals surface area contributed by atoms with E-state index in [9.17, 15) is 24.6 Å². The molecule has 53 heavy (non-hydrogen) atoms. The molecule has 3 aliphatic heterocycles. The van der Waals surface area contributed by atoms with Gasteiger partial charge in [-0.3, -0.25) is 19.4 Å². The van der Waals surface area contributed by atoms with Crippen LogP contribution >= 0.6 is 0 Å². The van der Waals surface area contributed by atoms with E-state index < -0.39 is 24.3 Å². The standard InChI is InChI=1S/C42H45N3O8/c46-25-28-14-16-31(17-15-28)38-21-36(24-44-18-6-13-35(44)26-47)52-41(53-38)34-12-5-11-33(20-34)32-10-4-9-30(19-32)23-45-39(48)22-37(40(45)49)43-42(50)51-27-29-7-2-1-3-8-29/h1-5,7-12,14-17,19-20,35-38,41,46-47H,6,13,18,21-27H2,(H,43,50)/t35-,36+,37?,38-,41-/m0/s1. The zero-order chi connectivity index (χ0) is 36.7. The van der Waals surface area contributed by atoms with Crippen LogP contribution in [-0.4, -0.2) is 75.8 Å². The van der Waals surface area contributed by atoms with Crippen molar-refractivity contribution < 1.29 is 38.8 Å². The van der Waals surface area contributed by atoms with Crippen molar-refractivity contribution in [1.82, 2.24) is 15.1 Å². The number of nitrogens with zero attached hydrogens (tertiary/aromatic N) is 2. The maximum atomic E-state index is 13.2. The predicted molar refractivity (Wildman–Crippen MR) is 196 cm³/mol. The lowest BCUT2D eigenvalue weighted by atomic mass is 9.98. The highest BCUT2D eigenvalue weighted by Gasteiger charge is 2.40. The fraction of sp³-hybridized carbons (Fsp3) is 0.357. The van der Waals surface area contributed by atoms with Gasteiger partial charge in [-0.05, 0) is 64.9 Å². The highest BCUT2D eigenvalue weighted by atomic mass is 16.7. The molecule has 0 aliphatic carbocycles. The Morgan fingerprint density at radius 1 is 0.830 bits per heavy atom. The van der Waals surface area contributed by atoms with Crippen molar-refractivity contribution in [2.24, 2.45) is 0 Å². The molecule has 7 rings (SSSR count). The minimum atomic E-state index is -0.985. The van der Waals surface area contributed by atoms with Crippen molar-refractivity contribution in [2.75, 3.05) is 19.7 Å². The summed E-state index contributed by atoms with van der Waals surface area (Å²) in [6, 6.07) is 31.8. The Morgan fingerprint density at radius 2 is 1.58 bits per heavy atom. The first kappa shape index (κ1) is 36.4. The van der Waals surface area contributed by atoms with E-state index in [2.05, 4.69) is 10.2 Å². The number of carbonyl (C=O) groups is 3. The molecule has 11 heteroatoms. The number of alkyl carbamates (subject to hydrolysis) is 1. The predicted octanol–water partition coefficient (Wildman–Crippen LogP) is 5.40. The molecular formula is C42H45N3O8. The van der Waals surface area contributed by atoms with Crippen LogP contribution in [0.15, 0.2) is 103 Å². The van der Waals surface area contributed by atoms with Gasteiger partial charge in [0, 0.05) is 24.6 Å². The van der Waals surface area contributed by atoms with Gasteiger partial charge in [-0.2, -0.15) is 0 Å². The van der Waals surface area contributed by atoms with E-state index in [0.29, 0.717) is 13.0 Å². The number of hydrogen-bond acceptors (Lipinski definition) is 9. The number of benzene rings is 4. The number of ether oxygens (including phenoxy) is 3. The summed E-state index contributed by atoms with van der Waals surface area (Å²) in [6.45, 7) is 1.84. The SMILES string of the molecule is O=C(NC1CC(=O)N(Cc2cccc(-c3cccc([C@H]4O[C@@H](CN5CCC[C@H]5CO)C[C@@H](c5ccc(CO)cc5)O4)c3)c2)C1=O)OCc1ccccc1. The number of aliphatic hydroxyl groups excluding tert-OH is 2. The van der Waals surface area contributed by atoms with E-state index in [1.165, 1.54) is 4.90 Å². The summed E-state index contributed by atoms with van der Waals surface area (Å²) in [7, 11) is 0. The minimum Gasteiger partial charge on any atom is -0.445 e. The molecule has 0 bridgehead atoms. The summed E-state index contributed by atoms with van der Waals surface area (Å²) in [5.41, 5.74) is 6.10. The molecule has 0 saturated carbocycles. The number of imide groups is 1. The number of nitrogens with one attached hydrogen (secondary N) is 1. The summed E-state index contributed by atoms with van der Waals surface area (Å²) in [5.74, 6) is -0.836. The highest BCUT2D eigenvalue weighted by molar-refractivity contribution is 6.06. The Bertz CT molecular complexity index is 1890. The molecule has 3 aliphatic rings. The van der Waals surface area contributed by atoms with E-state index in [1.807, 2.05) is 103 Å². The van der Waals surface area contributed by atoms with Crippen molar-refractivity contribution in [3.05, 3.63) is 131 Å². The first-order chi connectivity index (χ1) is 25.9. The van der Waals surface area contributed by atoms with Crippen LogP contribution in [0.4, 0.5) is 4.79 Å². The van der Waals surface area contributed by atoms with Gasteiger partial charge < -0.3 is 29.7 Å². The van der Waals surface area contributed by atoms with Crippen LogP contribution in [0.3, 0.4) is 0 Å². The molecule has 4 aromatic carbocycles. The van der Waals surface area contributed by atoms with Gasteiger partial charge in [0.2, 0.25) is 5.91 Å². The van der Waals surface area contributed by atoms with Crippen molar-refractivity contribution in [3.63, 3.8) is 0 Å². The number of carbonyl (C=O) groups excluding carboxylic acids is 3. The van der Waals surface area contributed by atoms with Crippen LogP contribution < -0.4 is 5.32 Å². The first-order valence-electron chi connectivity index (χ1n) is 18.2. The van der Waals surface area contributed by atoms with E-state index >= 15 is 0 Å². The minimum absolute atomic E-state index is 0.0277. The lowest BCUT2D eigenvalue weighted by Gasteiger charge is -2.38. The molecule has 3 fully saturated rings. The molecule has 0 radical (unpaired) electrons. The third-order valence-corrected chi connectivity index (χ3v) is 10.3. The largest absolute Gasteiger partial charge is 0.445 e. The Kier molecular flexibility index (Phi) is 11.6. The normalized spacial score (nSPS) is 23.4. The fourth-order valence-corrected chi connectivity index (χ4v) is 7.40. The van der Waals surface area contributed by atoms with Gasteiger partial charge in [0.25, 0.3) is 5.91 Å². The Hall–Kier alpha value is -4.91. The van der Waals surface area contributed by atoms with Crippen molar-refractivity contribution in [1.29, 1.82) is 0 Å². The third kappa shape index (κ3) is 8.84. The molecule has 0 spiro atoms. The monoisotopic (exact) mass is 719 g/mol. The summed E-state index contributed by atoms with van der Waals surface area (Å²) in [5, 5.41) is 22.1. The first-order valence-corrected chi connectivity index (χ1v) is 18.2. The van der Waals surface area contributed by atoms with E-state index in [0.717, 1.165) is 58.3 Å². The Balaban J connectivity index is 1.04. The van der Waals surface area contributed by atoms with Gasteiger partial charge >= 0.3 is 6.09 Å². The van der Waals surface area contributed by atoms with Gasteiger partial charge in [-0.1, -0.05) is 91.0 Å². The maximum absolute atomic E-state index is 13.2. The van der Waals surface area contributed by atoms with Gasteiger partial charge in [0.1, 0.15) is 12.6 Å². The topological polar surface area (TPSA) is 138 Å². The zero-order valence-electron chi connectivity index (χ0n) is 29.5. The van der Waals surface area contributed by atoms with Crippen molar-refractivity contribution in [3.8, 4) is 11.1 Å². The number of rotatable bonds is 12. The molecule has 1 unspecified atom stereocenters. The molecular weight excluding hydrogens is 674 g/mol. The number of aliphatic hydroxyl groups is 2.